The molecule has 4 nitrogen and oxygen atoms in total. The fourth-order valence-corrected chi connectivity index (χ4v) is 7.30. The van der Waals surface area contributed by atoms with Gasteiger partial charge in [-0.25, -0.2) is 0 Å². The topological polar surface area (TPSA) is 63.6 Å². The van der Waals surface area contributed by atoms with Gasteiger partial charge >= 0.3 is 11.9 Å². The highest BCUT2D eigenvalue weighted by Crippen LogP contribution is 2.18. The lowest BCUT2D eigenvalue weighted by Crippen LogP contribution is -2.18. The first-order valence-corrected chi connectivity index (χ1v) is 24.1. The molecular weight excluding hydrogens is 677 g/mol. The largest absolute Gasteiger partial charge is 0.481 e. The smallest absolute Gasteiger partial charge is 0.306 e. The van der Waals surface area contributed by atoms with E-state index in [1.54, 1.807) is 0 Å². The Morgan fingerprint density at radius 1 is 0.418 bits per heavy atom. The van der Waals surface area contributed by atoms with Crippen LogP contribution in [-0.4, -0.2) is 23.1 Å². The summed E-state index contributed by atoms with van der Waals surface area (Å²) in [6, 6.07) is 0. The molecule has 0 aliphatic heterocycles. The first kappa shape index (κ1) is 52.9. The quantitative estimate of drug-likeness (QED) is 0.0381. The maximum Gasteiger partial charge on any atom is 0.306 e. The van der Waals surface area contributed by atoms with Crippen LogP contribution >= 0.6 is 0 Å². The SMILES string of the molecule is CC/C=C\C/C=C\C/C=C\C/C=C\CCC(CCCCCCCC(=O)O)OC(=O)CCCCCCCCCCCCCCCCCCCCCCCCCC. The lowest BCUT2D eigenvalue weighted by atomic mass is 10.0. The minimum atomic E-state index is -0.710. The number of carbonyl (C=O) groups is 2. The van der Waals surface area contributed by atoms with Crippen LogP contribution in [0.3, 0.4) is 0 Å². The molecule has 0 aliphatic carbocycles. The first-order chi connectivity index (χ1) is 27.1. The molecule has 0 aromatic carbocycles. The van der Waals surface area contributed by atoms with Gasteiger partial charge in [0.05, 0.1) is 0 Å². The second-order valence-electron chi connectivity index (χ2n) is 16.3. The summed E-state index contributed by atoms with van der Waals surface area (Å²) in [5, 5.41) is 8.85. The normalized spacial score (nSPS) is 12.6. The fraction of sp³-hybridized carbons (Fsp3) is 0.804. The predicted molar refractivity (Wildman–Crippen MR) is 241 cm³/mol. The monoisotopic (exact) mass is 769 g/mol. The third-order valence-corrected chi connectivity index (χ3v) is 10.8. The molecule has 0 amide bonds. The fourth-order valence-electron chi connectivity index (χ4n) is 7.30. The zero-order valence-electron chi connectivity index (χ0n) is 36.7. The first-order valence-electron chi connectivity index (χ1n) is 24.1. The van der Waals surface area contributed by atoms with E-state index >= 15 is 0 Å². The Kier molecular flexibility index (Phi) is 44.5. The summed E-state index contributed by atoms with van der Waals surface area (Å²) in [5.74, 6) is -0.742. The average molecular weight is 769 g/mol. The van der Waals surface area contributed by atoms with Crippen LogP contribution in [0.5, 0.6) is 0 Å². The minimum absolute atomic E-state index is 0.0204. The van der Waals surface area contributed by atoms with E-state index in [1.165, 1.54) is 141 Å². The molecule has 1 atom stereocenters. The number of aliphatic carboxylic acids is 1. The minimum Gasteiger partial charge on any atom is -0.481 e. The summed E-state index contributed by atoms with van der Waals surface area (Å²) in [6.45, 7) is 4.45. The van der Waals surface area contributed by atoms with Crippen molar-refractivity contribution in [3.8, 4) is 0 Å². The van der Waals surface area contributed by atoms with Gasteiger partial charge in [0.15, 0.2) is 0 Å². The molecule has 320 valence electrons. The van der Waals surface area contributed by atoms with Crippen molar-refractivity contribution < 1.29 is 19.4 Å². The van der Waals surface area contributed by atoms with Crippen LogP contribution in [0.2, 0.25) is 0 Å². The van der Waals surface area contributed by atoms with Crippen molar-refractivity contribution >= 4 is 11.9 Å². The lowest BCUT2D eigenvalue weighted by Gasteiger charge is -2.17. The predicted octanol–water partition coefficient (Wildman–Crippen LogP) is 17.1. The van der Waals surface area contributed by atoms with Crippen LogP contribution in [0.15, 0.2) is 48.6 Å². The summed E-state index contributed by atoms with van der Waals surface area (Å²) in [4.78, 5) is 23.5. The van der Waals surface area contributed by atoms with Crippen molar-refractivity contribution in [2.24, 2.45) is 0 Å². The molecule has 0 heterocycles. The van der Waals surface area contributed by atoms with Gasteiger partial charge < -0.3 is 9.84 Å². The van der Waals surface area contributed by atoms with Crippen LogP contribution in [0.1, 0.15) is 258 Å². The van der Waals surface area contributed by atoms with E-state index in [4.69, 9.17) is 9.84 Å². The molecule has 0 saturated carbocycles. The molecule has 0 aromatic rings. The number of unbranched alkanes of at least 4 members (excludes halogenated alkanes) is 27. The highest BCUT2D eigenvalue weighted by molar-refractivity contribution is 5.69. The number of esters is 1. The number of carboxylic acid groups (broad SMARTS) is 1. The number of ether oxygens (including phenoxy) is 1. The molecular formula is C51H92O4. The Labute approximate surface area is 342 Å². The van der Waals surface area contributed by atoms with E-state index in [-0.39, 0.29) is 18.5 Å². The Hall–Kier alpha value is -2.10. The number of carboxylic acids is 1. The van der Waals surface area contributed by atoms with Crippen LogP contribution in [0, 0.1) is 0 Å². The number of hydrogen-bond donors (Lipinski definition) is 1. The highest BCUT2D eigenvalue weighted by Gasteiger charge is 2.14. The average Bonchev–Trinajstić information content (AvgIpc) is 3.17. The Balaban J connectivity index is 3.91. The van der Waals surface area contributed by atoms with Gasteiger partial charge in [-0.1, -0.05) is 229 Å². The van der Waals surface area contributed by atoms with Crippen molar-refractivity contribution in [3.05, 3.63) is 48.6 Å². The summed E-state index contributed by atoms with van der Waals surface area (Å²) in [5.41, 5.74) is 0. The maximum absolute atomic E-state index is 12.7. The second kappa shape index (κ2) is 46.3. The summed E-state index contributed by atoms with van der Waals surface area (Å²) in [7, 11) is 0. The van der Waals surface area contributed by atoms with E-state index in [0.29, 0.717) is 6.42 Å². The second-order valence-corrected chi connectivity index (χ2v) is 16.3. The molecule has 55 heavy (non-hydrogen) atoms. The number of hydrogen-bond acceptors (Lipinski definition) is 3. The molecule has 0 aromatic heterocycles. The Morgan fingerprint density at radius 3 is 1.16 bits per heavy atom. The molecule has 1 N–H and O–H groups in total. The van der Waals surface area contributed by atoms with E-state index in [9.17, 15) is 9.59 Å². The number of carbonyl (C=O) groups excluding carboxylic acids is 1. The molecule has 0 bridgehead atoms. The van der Waals surface area contributed by atoms with Crippen molar-refractivity contribution in [1.29, 1.82) is 0 Å². The Bertz CT molecular complexity index is 916. The van der Waals surface area contributed by atoms with E-state index in [2.05, 4.69) is 62.5 Å². The van der Waals surface area contributed by atoms with Crippen LogP contribution in [-0.2, 0) is 14.3 Å². The third kappa shape index (κ3) is 46.2. The van der Waals surface area contributed by atoms with Gasteiger partial charge in [0.1, 0.15) is 6.10 Å². The zero-order chi connectivity index (χ0) is 40.0. The molecule has 0 saturated heterocycles. The number of rotatable bonds is 44. The number of allylic oxidation sites excluding steroid dienone is 8. The van der Waals surface area contributed by atoms with E-state index in [0.717, 1.165) is 89.9 Å². The van der Waals surface area contributed by atoms with Crippen LogP contribution in [0.25, 0.3) is 0 Å². The molecule has 1 unspecified atom stereocenters. The molecule has 0 fully saturated rings. The van der Waals surface area contributed by atoms with Gasteiger partial charge in [-0.2, -0.15) is 0 Å². The summed E-state index contributed by atoms with van der Waals surface area (Å²) in [6.07, 6.45) is 63.1. The van der Waals surface area contributed by atoms with Crippen LogP contribution < -0.4 is 0 Å². The third-order valence-electron chi connectivity index (χ3n) is 10.8. The lowest BCUT2D eigenvalue weighted by molar-refractivity contribution is -0.150. The van der Waals surface area contributed by atoms with Crippen LogP contribution in [0.4, 0.5) is 0 Å². The van der Waals surface area contributed by atoms with Crippen molar-refractivity contribution in [3.63, 3.8) is 0 Å². The summed E-state index contributed by atoms with van der Waals surface area (Å²) >= 11 is 0. The highest BCUT2D eigenvalue weighted by atomic mass is 16.5. The van der Waals surface area contributed by atoms with E-state index in [1.807, 2.05) is 0 Å². The molecule has 4 heteroatoms. The summed E-state index contributed by atoms with van der Waals surface area (Å²) < 4.78 is 5.99. The van der Waals surface area contributed by atoms with E-state index < -0.39 is 5.97 Å². The van der Waals surface area contributed by atoms with Gasteiger partial charge in [-0.15, -0.1) is 0 Å². The molecule has 0 rings (SSSR count). The zero-order valence-corrected chi connectivity index (χ0v) is 36.7. The maximum atomic E-state index is 12.7. The molecule has 0 spiro atoms. The Morgan fingerprint density at radius 2 is 0.764 bits per heavy atom. The van der Waals surface area contributed by atoms with Crippen molar-refractivity contribution in [2.45, 2.75) is 264 Å². The standard InChI is InChI=1S/C51H92O4/c1-3-5-7-9-11-13-15-17-18-19-20-21-22-23-24-25-26-27-29-31-33-35-40-44-48-51(54)55-49(46-42-38-36-39-43-47-50(52)53)45-41-37-34-32-30-28-16-14-12-10-8-6-4-2/h6,8,12,14,28,30,34,37,49H,3-5,7,9-11,13,15-27,29,31-33,35-36,38-48H2,1-2H3,(H,52,53)/b8-6-,14-12-,30-28-,37-34-. The van der Waals surface area contributed by atoms with Gasteiger partial charge in [0.25, 0.3) is 0 Å². The van der Waals surface area contributed by atoms with Gasteiger partial charge in [0, 0.05) is 12.8 Å². The van der Waals surface area contributed by atoms with Gasteiger partial charge in [-0.3, -0.25) is 9.59 Å². The van der Waals surface area contributed by atoms with Gasteiger partial charge in [0.2, 0.25) is 0 Å². The van der Waals surface area contributed by atoms with Gasteiger partial charge in [-0.05, 0) is 64.2 Å². The van der Waals surface area contributed by atoms with Crippen molar-refractivity contribution in [2.75, 3.05) is 0 Å². The molecule has 0 radical (unpaired) electrons. The molecule has 0 aliphatic rings. The van der Waals surface area contributed by atoms with Crippen molar-refractivity contribution in [1.82, 2.24) is 0 Å².